The van der Waals surface area contributed by atoms with Crippen molar-refractivity contribution in [2.75, 3.05) is 0 Å². The molecule has 0 bridgehead atoms. The Hall–Kier alpha value is 0.290. The Morgan fingerprint density at radius 2 is 1.00 bits per heavy atom. The monoisotopic (exact) mass is 362 g/mol. The van der Waals surface area contributed by atoms with Gasteiger partial charge in [-0.25, -0.2) is 0 Å². The maximum absolute atomic E-state index is 3.12. The van der Waals surface area contributed by atoms with E-state index in [1.165, 1.54) is 83.5 Å². The first-order valence-electron chi connectivity index (χ1n) is 8.00. The van der Waals surface area contributed by atoms with Crippen LogP contribution in [-0.2, 0) is 0 Å². The highest BCUT2D eigenvalue weighted by molar-refractivity contribution is 14.1. The van der Waals surface area contributed by atoms with Gasteiger partial charge in [-0.15, -0.1) is 0 Å². The van der Waals surface area contributed by atoms with Crippen LogP contribution < -0.4 is 0 Å². The molecule has 0 nitrogen and oxygen atoms in total. The standard InChI is InChI=1S/C17H31I/c1-2-3-4-5-6-7-8-9-10-11-12-13-14-15-16-17-18/h2-15H2,1H3. The summed E-state index contributed by atoms with van der Waals surface area (Å²) in [4.78, 5) is 0. The molecule has 0 heterocycles. The van der Waals surface area contributed by atoms with Crippen molar-refractivity contribution >= 4 is 22.6 Å². The second-order valence-corrected chi connectivity index (χ2v) is 5.80. The zero-order chi connectivity index (χ0) is 13.3. The predicted octanol–water partition coefficient (Wildman–Crippen LogP) is 6.86. The molecule has 0 atom stereocenters. The van der Waals surface area contributed by atoms with Crippen molar-refractivity contribution in [1.29, 1.82) is 0 Å². The Balaban J connectivity index is 2.92. The van der Waals surface area contributed by atoms with Gasteiger partial charge in [-0.3, -0.25) is 0 Å². The lowest BCUT2D eigenvalue weighted by Crippen LogP contribution is -1.82. The van der Waals surface area contributed by atoms with Gasteiger partial charge in [0.2, 0.25) is 0 Å². The van der Waals surface area contributed by atoms with Crippen molar-refractivity contribution in [3.8, 4) is 9.85 Å². The molecule has 0 aliphatic carbocycles. The van der Waals surface area contributed by atoms with Gasteiger partial charge in [0.05, 0.1) is 0 Å². The number of hydrogen-bond acceptors (Lipinski definition) is 0. The summed E-state index contributed by atoms with van der Waals surface area (Å²) in [5.74, 6) is 3.12. The number of halogens is 1. The van der Waals surface area contributed by atoms with E-state index >= 15 is 0 Å². The Kier molecular flexibility index (Phi) is 17.6. The first kappa shape index (κ1) is 18.3. The largest absolute Gasteiger partial charge is 0.0919 e. The molecule has 0 aromatic rings. The van der Waals surface area contributed by atoms with Gasteiger partial charge in [0.1, 0.15) is 0 Å². The summed E-state index contributed by atoms with van der Waals surface area (Å²) in [6.45, 7) is 2.29. The summed E-state index contributed by atoms with van der Waals surface area (Å²) in [5.41, 5.74) is 0. The van der Waals surface area contributed by atoms with Crippen molar-refractivity contribution in [3.05, 3.63) is 0 Å². The molecule has 0 N–H and O–H groups in total. The molecule has 0 aliphatic rings. The molecule has 0 radical (unpaired) electrons. The molecular weight excluding hydrogens is 331 g/mol. The molecule has 0 aliphatic heterocycles. The van der Waals surface area contributed by atoms with Crippen LogP contribution in [0.25, 0.3) is 0 Å². The summed E-state index contributed by atoms with van der Waals surface area (Å²) >= 11 is 2.12. The van der Waals surface area contributed by atoms with Crippen molar-refractivity contribution < 1.29 is 0 Å². The third kappa shape index (κ3) is 16.3. The van der Waals surface area contributed by atoms with Gasteiger partial charge in [-0.2, -0.15) is 0 Å². The van der Waals surface area contributed by atoms with Gasteiger partial charge in [-0.05, 0) is 10.3 Å². The van der Waals surface area contributed by atoms with Gasteiger partial charge in [0.15, 0.2) is 0 Å². The third-order valence-corrected chi connectivity index (χ3v) is 3.85. The second kappa shape index (κ2) is 17.3. The third-order valence-electron chi connectivity index (χ3n) is 3.47. The van der Waals surface area contributed by atoms with E-state index in [2.05, 4.69) is 39.4 Å². The van der Waals surface area contributed by atoms with E-state index in [4.69, 9.17) is 0 Å². The molecule has 0 unspecified atom stereocenters. The fraction of sp³-hybridized carbons (Fsp3) is 0.882. The van der Waals surface area contributed by atoms with Crippen LogP contribution >= 0.6 is 22.6 Å². The minimum atomic E-state index is 1.10. The zero-order valence-corrected chi connectivity index (χ0v) is 14.4. The summed E-state index contributed by atoms with van der Waals surface area (Å²) in [6, 6.07) is 0. The first-order chi connectivity index (χ1) is 8.91. The molecule has 18 heavy (non-hydrogen) atoms. The molecule has 0 fully saturated rings. The van der Waals surface area contributed by atoms with Crippen molar-refractivity contribution in [2.45, 2.75) is 96.8 Å². The highest BCUT2D eigenvalue weighted by Crippen LogP contribution is 2.12. The summed E-state index contributed by atoms with van der Waals surface area (Å²) in [7, 11) is 0. The summed E-state index contributed by atoms with van der Waals surface area (Å²) in [5, 5.41) is 0. The Bertz CT molecular complexity index is 199. The highest BCUT2D eigenvalue weighted by Gasteiger charge is 1.93. The molecule has 0 aromatic heterocycles. The van der Waals surface area contributed by atoms with Crippen molar-refractivity contribution in [3.63, 3.8) is 0 Å². The fourth-order valence-corrected chi connectivity index (χ4v) is 2.55. The van der Waals surface area contributed by atoms with Crippen LogP contribution in [0.5, 0.6) is 0 Å². The number of hydrogen-bond donors (Lipinski definition) is 0. The maximum Gasteiger partial charge on any atom is 0.0181 e. The van der Waals surface area contributed by atoms with Gasteiger partial charge >= 0.3 is 0 Å². The van der Waals surface area contributed by atoms with E-state index in [0.717, 1.165) is 6.42 Å². The Labute approximate surface area is 129 Å². The topological polar surface area (TPSA) is 0 Å². The van der Waals surface area contributed by atoms with Crippen LogP contribution in [0.2, 0.25) is 0 Å². The minimum absolute atomic E-state index is 1.10. The van der Waals surface area contributed by atoms with Crippen LogP contribution in [0, 0.1) is 9.85 Å². The van der Waals surface area contributed by atoms with E-state index in [0.29, 0.717) is 0 Å². The predicted molar refractivity (Wildman–Crippen MR) is 92.1 cm³/mol. The van der Waals surface area contributed by atoms with Crippen molar-refractivity contribution in [2.24, 2.45) is 0 Å². The lowest BCUT2D eigenvalue weighted by atomic mass is 10.0. The summed E-state index contributed by atoms with van der Waals surface area (Å²) in [6.07, 6.45) is 19.7. The molecule has 1 heteroatoms. The molecule has 0 spiro atoms. The first-order valence-corrected chi connectivity index (χ1v) is 9.08. The lowest BCUT2D eigenvalue weighted by Gasteiger charge is -2.02. The van der Waals surface area contributed by atoms with Crippen LogP contribution in [0.3, 0.4) is 0 Å². The van der Waals surface area contributed by atoms with Crippen LogP contribution in [-0.4, -0.2) is 0 Å². The van der Waals surface area contributed by atoms with Gasteiger partial charge < -0.3 is 0 Å². The fourth-order valence-electron chi connectivity index (χ4n) is 2.28. The Morgan fingerprint density at radius 1 is 0.611 bits per heavy atom. The van der Waals surface area contributed by atoms with Gasteiger partial charge in [0, 0.05) is 29.0 Å². The average molecular weight is 362 g/mol. The van der Waals surface area contributed by atoms with Gasteiger partial charge in [-0.1, -0.05) is 89.9 Å². The number of rotatable bonds is 13. The highest BCUT2D eigenvalue weighted by atomic mass is 127. The van der Waals surface area contributed by atoms with E-state index < -0.39 is 0 Å². The summed E-state index contributed by atoms with van der Waals surface area (Å²) < 4.78 is 2.93. The molecule has 106 valence electrons. The second-order valence-electron chi connectivity index (χ2n) is 5.26. The van der Waals surface area contributed by atoms with E-state index in [-0.39, 0.29) is 0 Å². The van der Waals surface area contributed by atoms with Gasteiger partial charge in [0.25, 0.3) is 0 Å². The number of unbranched alkanes of at least 4 members (excludes halogenated alkanes) is 13. The van der Waals surface area contributed by atoms with Crippen molar-refractivity contribution in [1.82, 2.24) is 0 Å². The van der Waals surface area contributed by atoms with E-state index in [9.17, 15) is 0 Å². The average Bonchev–Trinajstić information content (AvgIpc) is 2.39. The lowest BCUT2D eigenvalue weighted by molar-refractivity contribution is 0.540. The molecule has 0 saturated carbocycles. The minimum Gasteiger partial charge on any atom is -0.0919 e. The molecule has 0 saturated heterocycles. The molecule has 0 aromatic carbocycles. The quantitative estimate of drug-likeness (QED) is 0.191. The normalized spacial score (nSPS) is 10.1. The van der Waals surface area contributed by atoms with Crippen LogP contribution in [0.15, 0.2) is 0 Å². The van der Waals surface area contributed by atoms with E-state index in [1.807, 2.05) is 0 Å². The Morgan fingerprint density at radius 3 is 1.39 bits per heavy atom. The molecule has 0 amide bonds. The van der Waals surface area contributed by atoms with E-state index in [1.54, 1.807) is 0 Å². The van der Waals surface area contributed by atoms with Crippen LogP contribution in [0.1, 0.15) is 96.8 Å². The van der Waals surface area contributed by atoms with Crippen LogP contribution in [0.4, 0.5) is 0 Å². The SMILES string of the molecule is CCCCCCCCCCCCCCCC#CI. The molecular formula is C17H31I. The maximum atomic E-state index is 3.12. The molecule has 0 rings (SSSR count). The smallest absolute Gasteiger partial charge is 0.0181 e. The zero-order valence-electron chi connectivity index (χ0n) is 12.3.